The van der Waals surface area contributed by atoms with Gasteiger partial charge in [-0.05, 0) is 45.0 Å². The number of hydrogen-bond acceptors (Lipinski definition) is 6. The number of benzene rings is 1. The van der Waals surface area contributed by atoms with E-state index in [1.807, 2.05) is 6.07 Å². The maximum absolute atomic E-state index is 12.2. The largest absolute Gasteiger partial charge is 0.456 e. The summed E-state index contributed by atoms with van der Waals surface area (Å²) in [5.41, 5.74) is -0.0643. The van der Waals surface area contributed by atoms with Crippen molar-refractivity contribution < 1.29 is 14.3 Å². The van der Waals surface area contributed by atoms with Gasteiger partial charge in [0, 0.05) is 12.4 Å². The topological polar surface area (TPSA) is 85.1 Å². The van der Waals surface area contributed by atoms with Crippen molar-refractivity contribution in [3.05, 3.63) is 47.8 Å². The predicted molar refractivity (Wildman–Crippen MR) is 78.4 cm³/mol. The van der Waals surface area contributed by atoms with E-state index in [9.17, 15) is 4.79 Å². The molecule has 0 radical (unpaired) electrons. The second-order valence-electron chi connectivity index (χ2n) is 5.46. The fourth-order valence-corrected chi connectivity index (χ4v) is 1.61. The third kappa shape index (κ3) is 4.03. The number of ether oxygens (including phenoxy) is 2. The van der Waals surface area contributed by atoms with E-state index in [2.05, 4.69) is 9.97 Å². The minimum atomic E-state index is -0.633. The zero-order chi connectivity index (χ0) is 16.2. The molecule has 0 bridgehead atoms. The van der Waals surface area contributed by atoms with Gasteiger partial charge in [0.15, 0.2) is 0 Å². The molecule has 0 amide bonds. The van der Waals surface area contributed by atoms with Crippen molar-refractivity contribution in [1.82, 2.24) is 9.97 Å². The fraction of sp³-hybridized carbons (Fsp3) is 0.250. The molecule has 0 unspecified atom stereocenters. The van der Waals surface area contributed by atoms with Crippen molar-refractivity contribution in [1.29, 1.82) is 5.26 Å². The second kappa shape index (κ2) is 6.22. The van der Waals surface area contributed by atoms with Crippen LogP contribution in [0.25, 0.3) is 0 Å². The molecule has 0 saturated heterocycles. The van der Waals surface area contributed by atoms with Crippen LogP contribution < -0.4 is 4.74 Å². The molecule has 112 valence electrons. The number of carbonyl (C=O) groups is 1. The number of carbonyl (C=O) groups excluding carboxylic acids is 1. The Kier molecular flexibility index (Phi) is 4.37. The van der Waals surface area contributed by atoms with Crippen molar-refractivity contribution in [3.63, 3.8) is 0 Å². The van der Waals surface area contributed by atoms with E-state index >= 15 is 0 Å². The van der Waals surface area contributed by atoms with Gasteiger partial charge in [0.05, 0.1) is 11.6 Å². The third-order valence-electron chi connectivity index (χ3n) is 2.47. The minimum Gasteiger partial charge on any atom is -0.456 e. The highest BCUT2D eigenvalue weighted by molar-refractivity contribution is 5.93. The van der Waals surface area contributed by atoms with Crippen LogP contribution in [0.1, 0.15) is 36.7 Å². The average Bonchev–Trinajstić information content (AvgIpc) is 2.46. The van der Waals surface area contributed by atoms with Gasteiger partial charge in [-0.15, -0.1) is 0 Å². The highest BCUT2D eigenvalue weighted by Gasteiger charge is 2.22. The molecular weight excluding hydrogens is 282 g/mol. The molecule has 1 heterocycles. The lowest BCUT2D eigenvalue weighted by molar-refractivity contribution is 0.00671. The molecule has 0 fully saturated rings. The van der Waals surface area contributed by atoms with Crippen molar-refractivity contribution in [2.75, 3.05) is 0 Å². The summed E-state index contributed by atoms with van der Waals surface area (Å²) < 4.78 is 10.8. The number of aromatic nitrogens is 2. The molecule has 0 spiro atoms. The Bertz CT molecular complexity index is 716. The van der Waals surface area contributed by atoms with Crippen molar-refractivity contribution >= 4 is 5.97 Å². The molecule has 0 aliphatic rings. The first-order valence-electron chi connectivity index (χ1n) is 6.61. The number of nitrogens with zero attached hydrogens (tertiary/aromatic N) is 3. The summed E-state index contributed by atoms with van der Waals surface area (Å²) in [7, 11) is 0. The van der Waals surface area contributed by atoms with Crippen LogP contribution in [-0.4, -0.2) is 21.5 Å². The third-order valence-corrected chi connectivity index (χ3v) is 2.47. The molecule has 0 saturated carbocycles. The first-order chi connectivity index (χ1) is 10.4. The van der Waals surface area contributed by atoms with E-state index in [4.69, 9.17) is 14.7 Å². The normalized spacial score (nSPS) is 10.6. The monoisotopic (exact) mass is 297 g/mol. The van der Waals surface area contributed by atoms with Gasteiger partial charge in [0.25, 0.3) is 0 Å². The van der Waals surface area contributed by atoms with Gasteiger partial charge in [0.2, 0.25) is 0 Å². The van der Waals surface area contributed by atoms with Crippen molar-refractivity contribution in [2.24, 2.45) is 0 Å². The zero-order valence-electron chi connectivity index (χ0n) is 12.5. The van der Waals surface area contributed by atoms with Gasteiger partial charge in [-0.25, -0.2) is 14.8 Å². The Morgan fingerprint density at radius 1 is 1.23 bits per heavy atom. The lowest BCUT2D eigenvalue weighted by Gasteiger charge is -2.20. The second-order valence-corrected chi connectivity index (χ2v) is 5.46. The maximum Gasteiger partial charge on any atom is 0.342 e. The molecular formula is C16H15N3O3. The number of esters is 1. The van der Waals surface area contributed by atoms with Crippen LogP contribution in [0.5, 0.6) is 11.8 Å². The van der Waals surface area contributed by atoms with Gasteiger partial charge in [0.1, 0.15) is 16.9 Å². The summed E-state index contributed by atoms with van der Waals surface area (Å²) in [6.45, 7) is 5.32. The van der Waals surface area contributed by atoms with E-state index < -0.39 is 11.6 Å². The highest BCUT2D eigenvalue weighted by atomic mass is 16.6. The lowest BCUT2D eigenvalue weighted by atomic mass is 10.1. The highest BCUT2D eigenvalue weighted by Crippen LogP contribution is 2.26. The summed E-state index contributed by atoms with van der Waals surface area (Å²) in [6.07, 6.45) is 3.03. The van der Waals surface area contributed by atoms with E-state index in [0.717, 1.165) is 0 Å². The predicted octanol–water partition coefficient (Wildman–Crippen LogP) is 3.10. The van der Waals surface area contributed by atoms with E-state index in [1.54, 1.807) is 26.8 Å². The summed E-state index contributed by atoms with van der Waals surface area (Å²) in [4.78, 5) is 20.1. The molecule has 0 aliphatic heterocycles. The smallest absolute Gasteiger partial charge is 0.342 e. The quantitative estimate of drug-likeness (QED) is 0.809. The van der Waals surface area contributed by atoms with Crippen LogP contribution in [0.4, 0.5) is 0 Å². The standard InChI is InChI=1S/C16H15N3O3/c1-16(2,3)22-14(20)12-6-5-11(10-17)9-13(12)21-15-18-7-4-8-19-15/h4-9H,1-3H3. The molecule has 1 aromatic carbocycles. The van der Waals surface area contributed by atoms with Crippen molar-refractivity contribution in [3.8, 4) is 17.8 Å². The molecule has 2 rings (SSSR count). The average molecular weight is 297 g/mol. The molecule has 6 nitrogen and oxygen atoms in total. The summed E-state index contributed by atoms with van der Waals surface area (Å²) in [5, 5.41) is 8.99. The summed E-state index contributed by atoms with van der Waals surface area (Å²) in [6, 6.07) is 8.20. The number of nitriles is 1. The lowest BCUT2D eigenvalue weighted by Crippen LogP contribution is -2.24. The molecule has 2 aromatic rings. The first kappa shape index (κ1) is 15.4. The zero-order valence-corrected chi connectivity index (χ0v) is 12.5. The van der Waals surface area contributed by atoms with Gasteiger partial charge in [-0.3, -0.25) is 0 Å². The van der Waals surface area contributed by atoms with Gasteiger partial charge in [-0.2, -0.15) is 5.26 Å². The van der Waals surface area contributed by atoms with Crippen LogP contribution in [0.15, 0.2) is 36.7 Å². The van der Waals surface area contributed by atoms with Crippen molar-refractivity contribution in [2.45, 2.75) is 26.4 Å². The van der Waals surface area contributed by atoms with Crippen LogP contribution in [0.3, 0.4) is 0 Å². The minimum absolute atomic E-state index is 0.0856. The number of rotatable bonds is 3. The summed E-state index contributed by atoms with van der Waals surface area (Å²) in [5.74, 6) is -0.359. The van der Waals surface area contributed by atoms with E-state index in [0.29, 0.717) is 5.56 Å². The van der Waals surface area contributed by atoms with Gasteiger partial charge in [-0.1, -0.05) is 0 Å². The van der Waals surface area contributed by atoms with E-state index in [1.165, 1.54) is 30.6 Å². The Morgan fingerprint density at radius 3 is 2.50 bits per heavy atom. The Morgan fingerprint density at radius 2 is 1.91 bits per heavy atom. The Labute approximate surface area is 128 Å². The van der Waals surface area contributed by atoms with E-state index in [-0.39, 0.29) is 17.3 Å². The number of hydrogen-bond donors (Lipinski definition) is 0. The SMILES string of the molecule is CC(C)(C)OC(=O)c1ccc(C#N)cc1Oc1ncccn1. The molecule has 0 N–H and O–H groups in total. The van der Waals surface area contributed by atoms with Crippen LogP contribution in [0.2, 0.25) is 0 Å². The van der Waals surface area contributed by atoms with Crippen LogP contribution >= 0.6 is 0 Å². The first-order valence-corrected chi connectivity index (χ1v) is 6.61. The van der Waals surface area contributed by atoms with Crippen LogP contribution in [-0.2, 0) is 4.74 Å². The Hall–Kier alpha value is -2.94. The molecule has 1 aromatic heterocycles. The molecule has 22 heavy (non-hydrogen) atoms. The molecule has 0 aliphatic carbocycles. The van der Waals surface area contributed by atoms with Crippen LogP contribution in [0, 0.1) is 11.3 Å². The van der Waals surface area contributed by atoms with Gasteiger partial charge >= 0.3 is 12.0 Å². The Balaban J connectivity index is 2.37. The molecule has 6 heteroatoms. The van der Waals surface area contributed by atoms with Gasteiger partial charge < -0.3 is 9.47 Å². The fourth-order valence-electron chi connectivity index (χ4n) is 1.61. The maximum atomic E-state index is 12.2. The summed E-state index contributed by atoms with van der Waals surface area (Å²) >= 11 is 0. The molecule has 0 atom stereocenters.